The Balaban J connectivity index is 2.62. The monoisotopic (exact) mass is 204 g/mol. The number of rotatable bonds is 1. The number of phenolic OH excluding ortho intramolecular Hbond substituents is 1. The van der Waals surface area contributed by atoms with Crippen molar-refractivity contribution in [1.82, 2.24) is 0 Å². The molecule has 0 saturated carbocycles. The zero-order chi connectivity index (χ0) is 11.2. The number of benzene rings is 1. The molecule has 2 nitrogen and oxygen atoms in total. The van der Waals surface area contributed by atoms with Gasteiger partial charge in [0, 0.05) is 0 Å². The summed E-state index contributed by atoms with van der Waals surface area (Å²) in [7, 11) is 0. The Morgan fingerprint density at radius 1 is 1.40 bits per heavy atom. The van der Waals surface area contributed by atoms with Crippen molar-refractivity contribution in [3.05, 3.63) is 28.8 Å². The zero-order valence-corrected chi connectivity index (χ0v) is 9.42. The van der Waals surface area contributed by atoms with Gasteiger partial charge in [0.25, 0.3) is 0 Å². The van der Waals surface area contributed by atoms with Crippen molar-refractivity contribution in [2.24, 2.45) is 0 Å². The lowest BCUT2D eigenvalue weighted by atomic mass is 9.85. The van der Waals surface area contributed by atoms with Gasteiger partial charge in [0.1, 0.15) is 5.75 Å². The highest BCUT2D eigenvalue weighted by Gasteiger charge is 2.31. The molecule has 0 fully saturated rings. The molecule has 0 heterocycles. The van der Waals surface area contributed by atoms with E-state index in [-0.39, 0.29) is 16.9 Å². The van der Waals surface area contributed by atoms with Gasteiger partial charge < -0.3 is 5.11 Å². The van der Waals surface area contributed by atoms with E-state index < -0.39 is 0 Å². The predicted molar refractivity (Wildman–Crippen MR) is 59.5 cm³/mol. The zero-order valence-electron chi connectivity index (χ0n) is 9.42. The van der Waals surface area contributed by atoms with Crippen molar-refractivity contribution < 1.29 is 9.90 Å². The van der Waals surface area contributed by atoms with Gasteiger partial charge in [0.05, 0.1) is 5.56 Å². The van der Waals surface area contributed by atoms with Crippen molar-refractivity contribution in [2.45, 2.75) is 39.0 Å². The maximum atomic E-state index is 11.3. The molecule has 0 radical (unpaired) electrons. The molecule has 0 aromatic heterocycles. The highest BCUT2D eigenvalue weighted by atomic mass is 16.3. The number of fused-ring (bicyclic) bond motifs is 1. The Morgan fingerprint density at radius 3 is 2.67 bits per heavy atom. The first-order chi connectivity index (χ1) is 6.92. The molecule has 0 spiro atoms. The van der Waals surface area contributed by atoms with Gasteiger partial charge in [-0.05, 0) is 48.4 Å². The number of hydrogen-bond acceptors (Lipinski definition) is 2. The third kappa shape index (κ3) is 1.54. The summed E-state index contributed by atoms with van der Waals surface area (Å²) < 4.78 is 0. The average Bonchev–Trinajstić information content (AvgIpc) is 2.40. The van der Waals surface area contributed by atoms with Gasteiger partial charge in [0.15, 0.2) is 5.78 Å². The van der Waals surface area contributed by atoms with E-state index in [0.717, 1.165) is 12.8 Å². The molecule has 0 bridgehead atoms. The van der Waals surface area contributed by atoms with Crippen LogP contribution in [0.2, 0.25) is 0 Å². The first-order valence-corrected chi connectivity index (χ1v) is 5.29. The molecular formula is C13H16O2. The van der Waals surface area contributed by atoms with Gasteiger partial charge >= 0.3 is 0 Å². The Labute approximate surface area is 89.9 Å². The molecule has 80 valence electrons. The summed E-state index contributed by atoms with van der Waals surface area (Å²) in [5, 5.41) is 9.69. The van der Waals surface area contributed by atoms with Crippen LogP contribution >= 0.6 is 0 Å². The first kappa shape index (κ1) is 10.2. The molecular weight excluding hydrogens is 188 g/mol. The number of carbonyl (C=O) groups excluding carboxylic acids is 1. The molecule has 0 aliphatic heterocycles. The number of carbonyl (C=O) groups is 1. The molecule has 2 rings (SSSR count). The molecule has 0 unspecified atom stereocenters. The summed E-state index contributed by atoms with van der Waals surface area (Å²) in [6, 6.07) is 3.61. The van der Waals surface area contributed by atoms with Gasteiger partial charge in [-0.3, -0.25) is 4.79 Å². The molecule has 1 aromatic carbocycles. The third-order valence-corrected chi connectivity index (χ3v) is 3.35. The minimum atomic E-state index is -0.0713. The van der Waals surface area contributed by atoms with Crippen LogP contribution in [-0.2, 0) is 11.8 Å². The average molecular weight is 204 g/mol. The summed E-state index contributed by atoms with van der Waals surface area (Å²) in [5.74, 6) is 0.0527. The Morgan fingerprint density at radius 2 is 2.07 bits per heavy atom. The topological polar surface area (TPSA) is 37.3 Å². The third-order valence-electron chi connectivity index (χ3n) is 3.35. The largest absolute Gasteiger partial charge is 0.507 e. The van der Waals surface area contributed by atoms with E-state index in [2.05, 4.69) is 13.8 Å². The van der Waals surface area contributed by atoms with Crippen LogP contribution in [0.25, 0.3) is 0 Å². The maximum absolute atomic E-state index is 11.3. The number of ketones is 1. The lowest BCUT2D eigenvalue weighted by molar-refractivity contribution is 0.101. The Bertz CT molecular complexity index is 430. The van der Waals surface area contributed by atoms with E-state index in [1.165, 1.54) is 18.1 Å². The van der Waals surface area contributed by atoms with Crippen molar-refractivity contribution in [3.8, 4) is 5.75 Å². The fourth-order valence-electron chi connectivity index (χ4n) is 2.33. The van der Waals surface area contributed by atoms with Crippen LogP contribution < -0.4 is 0 Å². The highest BCUT2D eigenvalue weighted by molar-refractivity contribution is 5.97. The van der Waals surface area contributed by atoms with Crippen LogP contribution in [-0.4, -0.2) is 10.9 Å². The van der Waals surface area contributed by atoms with E-state index in [1.807, 2.05) is 6.07 Å². The van der Waals surface area contributed by atoms with Gasteiger partial charge in [-0.25, -0.2) is 0 Å². The van der Waals surface area contributed by atoms with Gasteiger partial charge in [-0.2, -0.15) is 0 Å². The van der Waals surface area contributed by atoms with Crippen LogP contribution in [0.15, 0.2) is 12.1 Å². The lowest BCUT2D eigenvalue weighted by Gasteiger charge is -2.19. The Hall–Kier alpha value is -1.31. The number of hydrogen-bond donors (Lipinski definition) is 1. The summed E-state index contributed by atoms with van der Waals surface area (Å²) in [6.45, 7) is 5.85. The molecule has 0 saturated heterocycles. The standard InChI is InChI=1S/C13H16O2/c1-8(14)10-7-11-9(6-12(10)15)4-5-13(11,2)3/h6-7,15H,4-5H2,1-3H3. The van der Waals surface area contributed by atoms with Crippen LogP contribution in [0.5, 0.6) is 5.75 Å². The molecule has 1 aliphatic carbocycles. The van der Waals surface area contributed by atoms with Gasteiger partial charge in [0.2, 0.25) is 0 Å². The second kappa shape index (κ2) is 3.09. The minimum Gasteiger partial charge on any atom is -0.507 e. The number of phenols is 1. The maximum Gasteiger partial charge on any atom is 0.163 e. The van der Waals surface area contributed by atoms with Crippen molar-refractivity contribution >= 4 is 5.78 Å². The molecule has 2 heteroatoms. The second-order valence-corrected chi connectivity index (χ2v) is 4.97. The highest BCUT2D eigenvalue weighted by Crippen LogP contribution is 2.40. The van der Waals surface area contributed by atoms with Gasteiger partial charge in [-0.15, -0.1) is 0 Å². The normalized spacial score (nSPS) is 17.5. The van der Waals surface area contributed by atoms with Gasteiger partial charge in [-0.1, -0.05) is 13.8 Å². The fourth-order valence-corrected chi connectivity index (χ4v) is 2.33. The first-order valence-electron chi connectivity index (χ1n) is 5.29. The van der Waals surface area contributed by atoms with Crippen LogP contribution in [0.4, 0.5) is 0 Å². The minimum absolute atomic E-state index is 0.0713. The predicted octanol–water partition coefficient (Wildman–Crippen LogP) is 2.82. The SMILES string of the molecule is CC(=O)c1cc2c(cc1O)CCC2(C)C. The van der Waals surface area contributed by atoms with Crippen LogP contribution in [0, 0.1) is 0 Å². The van der Waals surface area contributed by atoms with Crippen LogP contribution in [0.1, 0.15) is 48.7 Å². The molecule has 15 heavy (non-hydrogen) atoms. The molecule has 1 aromatic rings. The smallest absolute Gasteiger partial charge is 0.163 e. The molecule has 1 N–H and O–H groups in total. The fraction of sp³-hybridized carbons (Fsp3) is 0.462. The quantitative estimate of drug-likeness (QED) is 0.714. The van der Waals surface area contributed by atoms with E-state index >= 15 is 0 Å². The summed E-state index contributed by atoms with van der Waals surface area (Å²) in [5.41, 5.74) is 2.98. The van der Waals surface area contributed by atoms with E-state index in [1.54, 1.807) is 6.07 Å². The summed E-state index contributed by atoms with van der Waals surface area (Å²) in [6.07, 6.45) is 2.08. The lowest BCUT2D eigenvalue weighted by Crippen LogP contribution is -2.12. The molecule has 1 aliphatic rings. The number of aromatic hydroxyl groups is 1. The summed E-state index contributed by atoms with van der Waals surface area (Å²) >= 11 is 0. The molecule has 0 amide bonds. The van der Waals surface area contributed by atoms with Crippen LogP contribution in [0.3, 0.4) is 0 Å². The number of Topliss-reactive ketones (excluding diaryl/α,β-unsaturated/α-hetero) is 1. The molecule has 0 atom stereocenters. The Kier molecular flexibility index (Phi) is 2.10. The van der Waals surface area contributed by atoms with E-state index in [0.29, 0.717) is 5.56 Å². The van der Waals surface area contributed by atoms with E-state index in [9.17, 15) is 9.90 Å². The summed E-state index contributed by atoms with van der Waals surface area (Å²) in [4.78, 5) is 11.3. The van der Waals surface area contributed by atoms with Crippen molar-refractivity contribution in [3.63, 3.8) is 0 Å². The van der Waals surface area contributed by atoms with Crippen molar-refractivity contribution in [2.75, 3.05) is 0 Å². The second-order valence-electron chi connectivity index (χ2n) is 4.97. The number of aryl methyl sites for hydroxylation is 1. The van der Waals surface area contributed by atoms with E-state index in [4.69, 9.17) is 0 Å². The van der Waals surface area contributed by atoms with Crippen molar-refractivity contribution in [1.29, 1.82) is 0 Å².